The Kier molecular flexibility index (Phi) is 4.49. The Morgan fingerprint density at radius 3 is 2.81 bits per heavy atom. The van der Waals surface area contributed by atoms with Gasteiger partial charge in [-0.1, -0.05) is 0 Å². The number of hydrogen-bond acceptors (Lipinski definition) is 5. The van der Waals surface area contributed by atoms with E-state index in [4.69, 9.17) is 5.11 Å². The highest BCUT2D eigenvalue weighted by atomic mass is 32.1. The number of amides is 2. The van der Waals surface area contributed by atoms with Gasteiger partial charge in [0, 0.05) is 11.6 Å². The molecule has 0 saturated heterocycles. The number of carboxylic acids is 1. The van der Waals surface area contributed by atoms with Gasteiger partial charge in [0.1, 0.15) is 5.01 Å². The quantitative estimate of drug-likeness (QED) is 0.804. The average molecular weight is 306 g/mol. The van der Waals surface area contributed by atoms with Gasteiger partial charge in [-0.05, 0) is 25.5 Å². The van der Waals surface area contributed by atoms with E-state index < -0.39 is 12.0 Å². The van der Waals surface area contributed by atoms with Crippen LogP contribution in [0.25, 0.3) is 0 Å². The number of aromatic carboxylic acids is 1. The van der Waals surface area contributed by atoms with Crippen LogP contribution in [-0.2, 0) is 0 Å². The summed E-state index contributed by atoms with van der Waals surface area (Å²) >= 11 is 1.19. The predicted octanol–water partition coefficient (Wildman–Crippen LogP) is 2.43. The lowest BCUT2D eigenvalue weighted by atomic mass is 10.2. The summed E-state index contributed by atoms with van der Waals surface area (Å²) in [4.78, 5) is 30.6. The molecule has 0 saturated carbocycles. The second-order valence-electron chi connectivity index (χ2n) is 4.39. The highest BCUT2D eigenvalue weighted by molar-refractivity contribution is 7.09. The molecular weight excluding hydrogens is 292 g/mol. The monoisotopic (exact) mass is 306 g/mol. The van der Waals surface area contributed by atoms with E-state index in [1.54, 1.807) is 25.4 Å². The van der Waals surface area contributed by atoms with E-state index in [-0.39, 0.29) is 11.7 Å². The molecule has 0 fully saturated rings. The Bertz CT molecular complexity index is 671. The first-order valence-electron chi connectivity index (χ1n) is 6.14. The molecule has 110 valence electrons. The molecule has 7 nitrogen and oxygen atoms in total. The summed E-state index contributed by atoms with van der Waals surface area (Å²) in [5.74, 6) is -1.08. The van der Waals surface area contributed by atoms with Crippen LogP contribution < -0.4 is 10.6 Å². The third kappa shape index (κ3) is 3.76. The van der Waals surface area contributed by atoms with Gasteiger partial charge in [0.15, 0.2) is 5.69 Å². The van der Waals surface area contributed by atoms with E-state index >= 15 is 0 Å². The molecule has 2 heterocycles. The van der Waals surface area contributed by atoms with E-state index in [2.05, 4.69) is 20.6 Å². The summed E-state index contributed by atoms with van der Waals surface area (Å²) in [6.45, 7) is 3.60. The molecular formula is C13H14N4O3S. The number of aryl methyl sites for hydroxylation is 1. The molecule has 3 N–H and O–H groups in total. The third-order valence-electron chi connectivity index (χ3n) is 2.75. The zero-order valence-corrected chi connectivity index (χ0v) is 12.3. The molecule has 2 rings (SSSR count). The molecule has 2 amide bonds. The number of carbonyl (C=O) groups is 2. The van der Waals surface area contributed by atoms with Crippen molar-refractivity contribution in [3.05, 3.63) is 40.1 Å². The number of carboxylic acid groups (broad SMARTS) is 1. The van der Waals surface area contributed by atoms with Crippen LogP contribution in [0.4, 0.5) is 10.5 Å². The number of anilines is 1. The van der Waals surface area contributed by atoms with Crippen molar-refractivity contribution in [2.45, 2.75) is 19.9 Å². The number of nitrogens with zero attached hydrogens (tertiary/aromatic N) is 2. The standard InChI is InChI=1S/C13H14N4O3S/c1-7-3-4-14-5-9(7)17-13(20)15-8(2)11-16-10(6-21-11)12(18)19/h3-6,8H,1-2H3,(H,18,19)(H2,15,17,20). The molecule has 1 unspecified atom stereocenters. The summed E-state index contributed by atoms with van der Waals surface area (Å²) in [6.07, 6.45) is 3.20. The Morgan fingerprint density at radius 1 is 1.43 bits per heavy atom. The largest absolute Gasteiger partial charge is 0.476 e. The second-order valence-corrected chi connectivity index (χ2v) is 5.28. The van der Waals surface area contributed by atoms with Crippen molar-refractivity contribution in [1.29, 1.82) is 0 Å². The first kappa shape index (κ1) is 14.9. The fourth-order valence-corrected chi connectivity index (χ4v) is 2.40. The smallest absolute Gasteiger partial charge is 0.355 e. The molecule has 0 aliphatic rings. The molecule has 0 bridgehead atoms. The zero-order chi connectivity index (χ0) is 15.4. The summed E-state index contributed by atoms with van der Waals surface area (Å²) in [5.41, 5.74) is 1.50. The average Bonchev–Trinajstić information content (AvgIpc) is 2.91. The molecule has 1 atom stereocenters. The van der Waals surface area contributed by atoms with E-state index in [1.807, 2.05) is 6.92 Å². The topological polar surface area (TPSA) is 104 Å². The van der Waals surface area contributed by atoms with Crippen molar-refractivity contribution in [2.24, 2.45) is 0 Å². The second kappa shape index (κ2) is 6.31. The van der Waals surface area contributed by atoms with Crippen molar-refractivity contribution < 1.29 is 14.7 Å². The maximum Gasteiger partial charge on any atom is 0.355 e. The van der Waals surface area contributed by atoms with Crippen LogP contribution in [-0.4, -0.2) is 27.1 Å². The number of carbonyl (C=O) groups excluding carboxylic acids is 1. The molecule has 0 aromatic carbocycles. The van der Waals surface area contributed by atoms with Crippen LogP contribution in [0.15, 0.2) is 23.8 Å². The minimum absolute atomic E-state index is 0.0211. The molecule has 0 aliphatic carbocycles. The van der Waals surface area contributed by atoms with E-state index in [9.17, 15) is 9.59 Å². The van der Waals surface area contributed by atoms with Gasteiger partial charge < -0.3 is 15.7 Å². The van der Waals surface area contributed by atoms with Crippen LogP contribution >= 0.6 is 11.3 Å². The van der Waals surface area contributed by atoms with Gasteiger partial charge in [0.2, 0.25) is 0 Å². The Labute approximate surface area is 125 Å². The maximum atomic E-state index is 11.9. The number of urea groups is 1. The van der Waals surface area contributed by atoms with Crippen molar-refractivity contribution >= 4 is 29.0 Å². The third-order valence-corrected chi connectivity index (χ3v) is 3.77. The van der Waals surface area contributed by atoms with Crippen LogP contribution in [0, 0.1) is 6.92 Å². The zero-order valence-electron chi connectivity index (χ0n) is 11.5. The highest BCUT2D eigenvalue weighted by Crippen LogP contribution is 2.18. The lowest BCUT2D eigenvalue weighted by Crippen LogP contribution is -2.31. The van der Waals surface area contributed by atoms with Gasteiger partial charge in [-0.2, -0.15) is 0 Å². The van der Waals surface area contributed by atoms with Crippen molar-refractivity contribution in [2.75, 3.05) is 5.32 Å². The van der Waals surface area contributed by atoms with E-state index in [0.717, 1.165) is 5.56 Å². The number of pyridine rings is 1. The molecule has 0 spiro atoms. The molecule has 0 radical (unpaired) electrons. The SMILES string of the molecule is Cc1ccncc1NC(=O)NC(C)c1nc(C(=O)O)cs1. The predicted molar refractivity (Wildman–Crippen MR) is 78.6 cm³/mol. The molecule has 2 aromatic heterocycles. The first-order chi connectivity index (χ1) is 9.97. The highest BCUT2D eigenvalue weighted by Gasteiger charge is 2.16. The summed E-state index contributed by atoms with van der Waals surface area (Å²) in [5, 5.41) is 16.2. The van der Waals surface area contributed by atoms with Crippen molar-refractivity contribution in [1.82, 2.24) is 15.3 Å². The Hall–Kier alpha value is -2.48. The van der Waals surface area contributed by atoms with E-state index in [1.165, 1.54) is 16.7 Å². The fourth-order valence-electron chi connectivity index (χ4n) is 1.60. The number of hydrogen-bond donors (Lipinski definition) is 3. The fraction of sp³-hybridized carbons (Fsp3) is 0.231. The van der Waals surface area contributed by atoms with Gasteiger partial charge >= 0.3 is 12.0 Å². The van der Waals surface area contributed by atoms with Crippen molar-refractivity contribution in [3.8, 4) is 0 Å². The van der Waals surface area contributed by atoms with Crippen LogP contribution in [0.5, 0.6) is 0 Å². The lowest BCUT2D eigenvalue weighted by Gasteiger charge is -2.13. The van der Waals surface area contributed by atoms with Gasteiger partial charge in [-0.15, -0.1) is 11.3 Å². The molecule has 2 aromatic rings. The van der Waals surface area contributed by atoms with Crippen LogP contribution in [0.2, 0.25) is 0 Å². The Morgan fingerprint density at radius 2 is 2.19 bits per heavy atom. The van der Waals surface area contributed by atoms with Gasteiger partial charge in [-0.25, -0.2) is 14.6 Å². The number of rotatable bonds is 4. The first-order valence-corrected chi connectivity index (χ1v) is 7.02. The summed E-state index contributed by atoms with van der Waals surface area (Å²) < 4.78 is 0. The number of nitrogens with one attached hydrogen (secondary N) is 2. The molecule has 8 heteroatoms. The van der Waals surface area contributed by atoms with E-state index in [0.29, 0.717) is 10.7 Å². The maximum absolute atomic E-state index is 11.9. The normalized spacial score (nSPS) is 11.7. The number of thiazole rings is 1. The molecule has 21 heavy (non-hydrogen) atoms. The number of aromatic nitrogens is 2. The van der Waals surface area contributed by atoms with Gasteiger partial charge in [-0.3, -0.25) is 4.98 Å². The van der Waals surface area contributed by atoms with Crippen LogP contribution in [0.1, 0.15) is 34.0 Å². The van der Waals surface area contributed by atoms with Gasteiger partial charge in [0.25, 0.3) is 0 Å². The summed E-state index contributed by atoms with van der Waals surface area (Å²) in [6, 6.07) is 1.00. The molecule has 0 aliphatic heterocycles. The minimum atomic E-state index is -1.08. The summed E-state index contributed by atoms with van der Waals surface area (Å²) in [7, 11) is 0. The van der Waals surface area contributed by atoms with Crippen molar-refractivity contribution in [3.63, 3.8) is 0 Å². The lowest BCUT2D eigenvalue weighted by molar-refractivity contribution is 0.0691. The Balaban J connectivity index is 1.98. The van der Waals surface area contributed by atoms with Crippen LogP contribution in [0.3, 0.4) is 0 Å². The minimum Gasteiger partial charge on any atom is -0.476 e. The van der Waals surface area contributed by atoms with Gasteiger partial charge in [0.05, 0.1) is 17.9 Å².